The van der Waals surface area contributed by atoms with Gasteiger partial charge in [0, 0.05) is 0 Å². The lowest BCUT2D eigenvalue weighted by molar-refractivity contribution is 0.572. The monoisotopic (exact) mass is 264 g/mol. The largest absolute Gasteiger partial charge is 0.211 e. The molecule has 0 aliphatic carbocycles. The Morgan fingerprint density at radius 3 is 1.46 bits per heavy atom. The SMILES string of the molecule is Br.CCCCCCCCCC[CH2][AlH2]. The molecular formula is C11H26AlBr. The fourth-order valence-electron chi connectivity index (χ4n) is 1.56. The third-order valence-electron chi connectivity index (χ3n) is 2.46. The summed E-state index contributed by atoms with van der Waals surface area (Å²) in [5.41, 5.74) is 0. The van der Waals surface area contributed by atoms with E-state index in [0.29, 0.717) is 0 Å². The van der Waals surface area contributed by atoms with Crippen LogP contribution in [0.1, 0.15) is 64.7 Å². The van der Waals surface area contributed by atoms with Crippen LogP contribution in [-0.2, 0) is 0 Å². The van der Waals surface area contributed by atoms with E-state index in [1.807, 2.05) is 0 Å². The highest BCUT2D eigenvalue weighted by Crippen LogP contribution is 2.09. The van der Waals surface area contributed by atoms with Crippen molar-refractivity contribution in [3.05, 3.63) is 0 Å². The summed E-state index contributed by atoms with van der Waals surface area (Å²) >= 11 is 1.41. The van der Waals surface area contributed by atoms with Crippen molar-refractivity contribution >= 4 is 33.3 Å². The minimum Gasteiger partial charge on any atom is -0.114 e. The Morgan fingerprint density at radius 2 is 1.08 bits per heavy atom. The Hall–Kier alpha value is 1.01. The second-order valence-corrected chi connectivity index (χ2v) is 4.83. The van der Waals surface area contributed by atoms with Gasteiger partial charge in [0.15, 0.2) is 0 Å². The zero-order chi connectivity index (χ0) is 9.07. The van der Waals surface area contributed by atoms with Crippen LogP contribution in [0.3, 0.4) is 0 Å². The van der Waals surface area contributed by atoms with Gasteiger partial charge in [0.05, 0.1) is 0 Å². The fourth-order valence-corrected chi connectivity index (χ4v) is 2.06. The van der Waals surface area contributed by atoms with Crippen LogP contribution in [0.2, 0.25) is 5.28 Å². The maximum absolute atomic E-state index is 2.28. The first-order valence-electron chi connectivity index (χ1n) is 5.91. The predicted molar refractivity (Wildman–Crippen MR) is 70.9 cm³/mol. The van der Waals surface area contributed by atoms with Gasteiger partial charge < -0.3 is 0 Å². The van der Waals surface area contributed by atoms with Crippen molar-refractivity contribution in [1.82, 2.24) is 0 Å². The summed E-state index contributed by atoms with van der Waals surface area (Å²) in [7, 11) is 0. The van der Waals surface area contributed by atoms with Gasteiger partial charge in [-0.05, 0) is 0 Å². The van der Waals surface area contributed by atoms with Gasteiger partial charge in [-0.3, -0.25) is 0 Å². The van der Waals surface area contributed by atoms with Crippen molar-refractivity contribution < 1.29 is 0 Å². The lowest BCUT2D eigenvalue weighted by atomic mass is 10.1. The van der Waals surface area contributed by atoms with Crippen LogP contribution in [0.4, 0.5) is 0 Å². The third-order valence-corrected chi connectivity index (χ3v) is 3.16. The van der Waals surface area contributed by atoms with Crippen molar-refractivity contribution in [1.29, 1.82) is 0 Å². The lowest BCUT2D eigenvalue weighted by Gasteiger charge is -1.99. The average molecular weight is 265 g/mol. The van der Waals surface area contributed by atoms with Crippen LogP contribution in [0, 0.1) is 0 Å². The van der Waals surface area contributed by atoms with E-state index in [2.05, 4.69) is 6.92 Å². The number of halogens is 1. The van der Waals surface area contributed by atoms with E-state index >= 15 is 0 Å². The summed E-state index contributed by atoms with van der Waals surface area (Å²) in [5, 5.41) is 1.51. The topological polar surface area (TPSA) is 0 Å². The molecule has 0 aromatic rings. The summed E-state index contributed by atoms with van der Waals surface area (Å²) in [4.78, 5) is 0. The van der Waals surface area contributed by atoms with Crippen molar-refractivity contribution in [2.24, 2.45) is 0 Å². The summed E-state index contributed by atoms with van der Waals surface area (Å²) < 4.78 is 0. The van der Waals surface area contributed by atoms with Crippen LogP contribution in [0.15, 0.2) is 0 Å². The summed E-state index contributed by atoms with van der Waals surface area (Å²) in [6, 6.07) is 0. The van der Waals surface area contributed by atoms with Crippen molar-refractivity contribution in [2.75, 3.05) is 0 Å². The molecule has 0 aromatic carbocycles. The molecule has 0 nitrogen and oxygen atoms in total. The smallest absolute Gasteiger partial charge is 0.114 e. The molecule has 0 unspecified atom stereocenters. The molecule has 0 fully saturated rings. The van der Waals surface area contributed by atoms with Gasteiger partial charge in [0.1, 0.15) is 0 Å². The van der Waals surface area contributed by atoms with E-state index in [4.69, 9.17) is 0 Å². The molecular weight excluding hydrogens is 239 g/mol. The van der Waals surface area contributed by atoms with E-state index < -0.39 is 0 Å². The molecule has 0 atom stereocenters. The van der Waals surface area contributed by atoms with Crippen LogP contribution < -0.4 is 0 Å². The molecule has 0 radical (unpaired) electrons. The lowest BCUT2D eigenvalue weighted by Crippen LogP contribution is -1.80. The van der Waals surface area contributed by atoms with E-state index in [-0.39, 0.29) is 17.0 Å². The van der Waals surface area contributed by atoms with Gasteiger partial charge in [-0.15, -0.1) is 22.3 Å². The van der Waals surface area contributed by atoms with Gasteiger partial charge in [-0.25, -0.2) is 0 Å². The van der Waals surface area contributed by atoms with Crippen molar-refractivity contribution in [3.63, 3.8) is 0 Å². The zero-order valence-corrected chi connectivity index (χ0v) is 13.2. The van der Waals surface area contributed by atoms with Crippen LogP contribution in [-0.4, -0.2) is 16.3 Å². The van der Waals surface area contributed by atoms with Crippen LogP contribution in [0.25, 0.3) is 0 Å². The second-order valence-electron chi connectivity index (χ2n) is 3.83. The summed E-state index contributed by atoms with van der Waals surface area (Å²) in [5.74, 6) is 0. The van der Waals surface area contributed by atoms with E-state index in [9.17, 15) is 0 Å². The third kappa shape index (κ3) is 15.7. The number of unbranched alkanes of at least 4 members (excludes halogenated alkanes) is 8. The zero-order valence-electron chi connectivity index (χ0n) is 9.48. The minimum absolute atomic E-state index is 0. The molecule has 0 aliphatic rings. The normalized spacial score (nSPS) is 9.62. The van der Waals surface area contributed by atoms with E-state index in [0.717, 1.165) is 0 Å². The molecule has 0 spiro atoms. The van der Waals surface area contributed by atoms with Crippen molar-refractivity contribution in [2.45, 2.75) is 70.0 Å². The molecule has 13 heavy (non-hydrogen) atoms. The molecule has 0 aromatic heterocycles. The molecule has 2 heteroatoms. The molecule has 80 valence electrons. The fraction of sp³-hybridized carbons (Fsp3) is 1.00. The molecule has 0 aliphatic heterocycles. The molecule has 0 saturated carbocycles. The van der Waals surface area contributed by atoms with Gasteiger partial charge in [-0.2, -0.15) is 0 Å². The molecule has 0 rings (SSSR count). The Morgan fingerprint density at radius 1 is 0.692 bits per heavy atom. The molecule has 0 amide bonds. The summed E-state index contributed by atoms with van der Waals surface area (Å²) in [6.45, 7) is 2.28. The first kappa shape index (κ1) is 16.4. The Balaban J connectivity index is 0. The van der Waals surface area contributed by atoms with Crippen LogP contribution >= 0.6 is 17.0 Å². The van der Waals surface area contributed by atoms with Gasteiger partial charge in [0.2, 0.25) is 16.3 Å². The minimum atomic E-state index is 0. The molecule has 0 bridgehead atoms. The second kappa shape index (κ2) is 15.5. The molecule has 0 N–H and O–H groups in total. The van der Waals surface area contributed by atoms with Crippen molar-refractivity contribution in [3.8, 4) is 0 Å². The Labute approximate surface area is 103 Å². The average Bonchev–Trinajstić information content (AvgIpc) is 2.10. The van der Waals surface area contributed by atoms with E-state index in [1.165, 1.54) is 79.4 Å². The first-order valence-corrected chi connectivity index (χ1v) is 7.33. The highest BCUT2D eigenvalue weighted by atomic mass is 79.9. The van der Waals surface area contributed by atoms with Gasteiger partial charge in [-0.1, -0.05) is 64.7 Å². The standard InChI is InChI=1S/C11H23.Al.BrH.2H/c1-3-5-7-9-11-10-8-6-4-2;;;;/h1,3-11H2,2H3;;1H;;. The Kier molecular flexibility index (Phi) is 19.6. The number of hydrogen-bond acceptors (Lipinski definition) is 0. The van der Waals surface area contributed by atoms with Crippen LogP contribution in [0.5, 0.6) is 0 Å². The quantitative estimate of drug-likeness (QED) is 0.434. The molecule has 0 saturated heterocycles. The number of hydrogen-bond donors (Lipinski definition) is 0. The highest BCUT2D eigenvalue weighted by Gasteiger charge is 1.90. The predicted octanol–water partition coefficient (Wildman–Crippen LogP) is 4.15. The van der Waals surface area contributed by atoms with E-state index in [1.54, 1.807) is 0 Å². The first-order chi connectivity index (χ1) is 5.91. The maximum atomic E-state index is 2.28. The summed E-state index contributed by atoms with van der Waals surface area (Å²) in [6.07, 6.45) is 13.2. The molecule has 0 heterocycles. The van der Waals surface area contributed by atoms with Gasteiger partial charge >= 0.3 is 0 Å². The number of rotatable bonds is 9. The van der Waals surface area contributed by atoms with Gasteiger partial charge in [0.25, 0.3) is 0 Å². The Bertz CT molecular complexity index is 66.5. The maximum Gasteiger partial charge on any atom is 0.211 e. The highest BCUT2D eigenvalue weighted by molar-refractivity contribution is 8.93.